The Kier molecular flexibility index (Phi) is 6.15. The standard InChI is InChI=1S/C14H19Br2NO/c15-13-5-4-12(8-14(13)16)9-17-6-1-7-18-10-11-2-3-11/h4-5,8,11,17H,1-3,6-7,9-10H2. The van der Waals surface area contributed by atoms with Crippen molar-refractivity contribution in [1.29, 1.82) is 0 Å². The third kappa shape index (κ3) is 5.39. The maximum absolute atomic E-state index is 5.59. The Morgan fingerprint density at radius 1 is 1.22 bits per heavy atom. The summed E-state index contributed by atoms with van der Waals surface area (Å²) in [6.45, 7) is 3.78. The van der Waals surface area contributed by atoms with E-state index >= 15 is 0 Å². The second-order valence-corrected chi connectivity index (χ2v) is 6.51. The summed E-state index contributed by atoms with van der Waals surface area (Å²) in [5.41, 5.74) is 1.30. The van der Waals surface area contributed by atoms with Gasteiger partial charge in [0.2, 0.25) is 0 Å². The number of benzene rings is 1. The molecule has 1 aromatic carbocycles. The zero-order valence-corrected chi connectivity index (χ0v) is 13.6. The molecule has 0 amide bonds. The van der Waals surface area contributed by atoms with Gasteiger partial charge in [-0.05, 0) is 81.3 Å². The molecule has 1 saturated carbocycles. The molecule has 0 atom stereocenters. The minimum absolute atomic E-state index is 0.873. The molecule has 0 unspecified atom stereocenters. The predicted molar refractivity (Wildman–Crippen MR) is 81.7 cm³/mol. The molecular formula is C14H19Br2NO. The molecule has 0 aromatic heterocycles. The van der Waals surface area contributed by atoms with E-state index in [2.05, 4.69) is 55.4 Å². The van der Waals surface area contributed by atoms with E-state index in [1.165, 1.54) is 18.4 Å². The monoisotopic (exact) mass is 375 g/mol. The molecule has 0 spiro atoms. The van der Waals surface area contributed by atoms with E-state index in [-0.39, 0.29) is 0 Å². The Balaban J connectivity index is 1.52. The first-order valence-corrected chi connectivity index (χ1v) is 8.06. The van der Waals surface area contributed by atoms with Gasteiger partial charge in [0.1, 0.15) is 0 Å². The lowest BCUT2D eigenvalue weighted by Gasteiger charge is -2.07. The van der Waals surface area contributed by atoms with Crippen LogP contribution in [-0.2, 0) is 11.3 Å². The van der Waals surface area contributed by atoms with E-state index in [9.17, 15) is 0 Å². The van der Waals surface area contributed by atoms with Crippen LogP contribution in [0, 0.1) is 5.92 Å². The number of hydrogen-bond acceptors (Lipinski definition) is 2. The summed E-state index contributed by atoms with van der Waals surface area (Å²) >= 11 is 6.99. The van der Waals surface area contributed by atoms with Crippen LogP contribution in [0.25, 0.3) is 0 Å². The second-order valence-electron chi connectivity index (χ2n) is 4.80. The fourth-order valence-electron chi connectivity index (χ4n) is 1.72. The van der Waals surface area contributed by atoms with Crippen molar-refractivity contribution in [2.45, 2.75) is 25.8 Å². The lowest BCUT2D eigenvalue weighted by atomic mass is 10.2. The third-order valence-corrected chi connectivity index (χ3v) is 4.89. The van der Waals surface area contributed by atoms with Crippen LogP contribution in [0.2, 0.25) is 0 Å². The number of rotatable bonds is 8. The van der Waals surface area contributed by atoms with Gasteiger partial charge in [-0.2, -0.15) is 0 Å². The summed E-state index contributed by atoms with van der Waals surface area (Å²) in [5, 5.41) is 3.44. The molecule has 0 aliphatic heterocycles. The van der Waals surface area contributed by atoms with Crippen LogP contribution >= 0.6 is 31.9 Å². The highest BCUT2D eigenvalue weighted by Crippen LogP contribution is 2.28. The molecule has 2 rings (SSSR count). The quantitative estimate of drug-likeness (QED) is 0.689. The fourth-order valence-corrected chi connectivity index (χ4v) is 2.39. The average molecular weight is 377 g/mol. The number of hydrogen-bond donors (Lipinski definition) is 1. The van der Waals surface area contributed by atoms with Crippen molar-refractivity contribution in [3.63, 3.8) is 0 Å². The molecule has 100 valence electrons. The first-order chi connectivity index (χ1) is 8.75. The van der Waals surface area contributed by atoms with Crippen molar-refractivity contribution >= 4 is 31.9 Å². The maximum Gasteiger partial charge on any atom is 0.0494 e. The molecule has 1 fully saturated rings. The molecule has 0 saturated heterocycles. The highest BCUT2D eigenvalue weighted by Gasteiger charge is 2.20. The normalized spacial score (nSPS) is 15.0. The summed E-state index contributed by atoms with van der Waals surface area (Å²) in [6, 6.07) is 6.34. The number of nitrogens with one attached hydrogen (secondary N) is 1. The van der Waals surface area contributed by atoms with Crippen molar-refractivity contribution in [3.8, 4) is 0 Å². The molecule has 1 N–H and O–H groups in total. The van der Waals surface area contributed by atoms with Crippen molar-refractivity contribution < 1.29 is 4.74 Å². The van der Waals surface area contributed by atoms with Gasteiger partial charge in [-0.15, -0.1) is 0 Å². The van der Waals surface area contributed by atoms with Gasteiger partial charge in [0.15, 0.2) is 0 Å². The van der Waals surface area contributed by atoms with E-state index < -0.39 is 0 Å². The van der Waals surface area contributed by atoms with E-state index in [0.717, 1.165) is 47.6 Å². The maximum atomic E-state index is 5.59. The summed E-state index contributed by atoms with van der Waals surface area (Å²) in [6.07, 6.45) is 3.83. The highest BCUT2D eigenvalue weighted by molar-refractivity contribution is 9.13. The average Bonchev–Trinajstić information content (AvgIpc) is 3.16. The Labute approximate surface area is 126 Å². The Morgan fingerprint density at radius 2 is 2.06 bits per heavy atom. The Morgan fingerprint density at radius 3 is 2.78 bits per heavy atom. The van der Waals surface area contributed by atoms with Gasteiger partial charge in [-0.1, -0.05) is 6.07 Å². The van der Waals surface area contributed by atoms with Crippen LogP contribution < -0.4 is 5.32 Å². The Hall–Kier alpha value is 0.1000. The first kappa shape index (κ1) is 14.5. The smallest absolute Gasteiger partial charge is 0.0494 e. The lowest BCUT2D eigenvalue weighted by Crippen LogP contribution is -2.16. The van der Waals surface area contributed by atoms with E-state index in [1.54, 1.807) is 0 Å². The molecule has 1 aliphatic carbocycles. The topological polar surface area (TPSA) is 21.3 Å². The molecule has 0 radical (unpaired) electrons. The van der Waals surface area contributed by atoms with E-state index in [4.69, 9.17) is 4.74 Å². The summed E-state index contributed by atoms with van der Waals surface area (Å²) < 4.78 is 7.79. The van der Waals surface area contributed by atoms with Crippen LogP contribution in [0.1, 0.15) is 24.8 Å². The summed E-state index contributed by atoms with van der Waals surface area (Å²) in [5.74, 6) is 0.873. The lowest BCUT2D eigenvalue weighted by molar-refractivity contribution is 0.122. The van der Waals surface area contributed by atoms with E-state index in [1.807, 2.05) is 0 Å². The van der Waals surface area contributed by atoms with Crippen molar-refractivity contribution in [2.75, 3.05) is 19.8 Å². The minimum Gasteiger partial charge on any atom is -0.381 e. The third-order valence-electron chi connectivity index (χ3n) is 3.01. The van der Waals surface area contributed by atoms with Crippen molar-refractivity contribution in [3.05, 3.63) is 32.7 Å². The number of halogens is 2. The largest absolute Gasteiger partial charge is 0.381 e. The predicted octanol–water partition coefficient (Wildman–Crippen LogP) is 4.12. The fraction of sp³-hybridized carbons (Fsp3) is 0.571. The van der Waals surface area contributed by atoms with Crippen molar-refractivity contribution in [1.82, 2.24) is 5.32 Å². The Bertz CT molecular complexity index is 380. The minimum atomic E-state index is 0.873. The van der Waals surface area contributed by atoms with Crippen LogP contribution in [0.3, 0.4) is 0 Å². The second kappa shape index (κ2) is 7.63. The molecule has 0 heterocycles. The van der Waals surface area contributed by atoms with Crippen molar-refractivity contribution in [2.24, 2.45) is 5.92 Å². The molecule has 0 bridgehead atoms. The first-order valence-electron chi connectivity index (χ1n) is 6.48. The molecule has 4 heteroatoms. The van der Waals surface area contributed by atoms with Crippen LogP contribution in [0.4, 0.5) is 0 Å². The van der Waals surface area contributed by atoms with Crippen LogP contribution in [0.15, 0.2) is 27.1 Å². The molecule has 2 nitrogen and oxygen atoms in total. The van der Waals surface area contributed by atoms with E-state index in [0.29, 0.717) is 0 Å². The molecule has 18 heavy (non-hydrogen) atoms. The van der Waals surface area contributed by atoms with Gasteiger partial charge >= 0.3 is 0 Å². The van der Waals surface area contributed by atoms with Gasteiger partial charge in [0.25, 0.3) is 0 Å². The van der Waals surface area contributed by atoms with Gasteiger partial charge in [-0.25, -0.2) is 0 Å². The van der Waals surface area contributed by atoms with Crippen LogP contribution in [0.5, 0.6) is 0 Å². The molecule has 1 aliphatic rings. The van der Waals surface area contributed by atoms with Gasteiger partial charge in [-0.3, -0.25) is 0 Å². The highest BCUT2D eigenvalue weighted by atomic mass is 79.9. The molecular weight excluding hydrogens is 358 g/mol. The zero-order chi connectivity index (χ0) is 12.8. The zero-order valence-electron chi connectivity index (χ0n) is 10.4. The van der Waals surface area contributed by atoms with Gasteiger partial charge < -0.3 is 10.1 Å². The summed E-state index contributed by atoms with van der Waals surface area (Å²) in [7, 11) is 0. The summed E-state index contributed by atoms with van der Waals surface area (Å²) in [4.78, 5) is 0. The van der Waals surface area contributed by atoms with Crippen LogP contribution in [-0.4, -0.2) is 19.8 Å². The van der Waals surface area contributed by atoms with Gasteiger partial charge in [0.05, 0.1) is 0 Å². The molecule has 1 aromatic rings. The SMILES string of the molecule is Brc1ccc(CNCCCOCC2CC2)cc1Br. The number of ether oxygens (including phenoxy) is 1. The van der Waals surface area contributed by atoms with Gasteiger partial charge in [0, 0.05) is 28.7 Å².